The lowest BCUT2D eigenvalue weighted by molar-refractivity contribution is -0.139. The predicted octanol–water partition coefficient (Wildman–Crippen LogP) is 2.11. The van der Waals surface area contributed by atoms with Gasteiger partial charge < -0.3 is 14.6 Å². The van der Waals surface area contributed by atoms with Crippen molar-refractivity contribution in [3.63, 3.8) is 0 Å². The quantitative estimate of drug-likeness (QED) is 0.927. The normalized spacial score (nSPS) is 32.3. The van der Waals surface area contributed by atoms with E-state index in [1.807, 2.05) is 7.05 Å². The summed E-state index contributed by atoms with van der Waals surface area (Å²) in [5.74, 6) is -0.986. The van der Waals surface area contributed by atoms with E-state index in [9.17, 15) is 18.3 Å². The number of rotatable bonds is 3. The topological polar surface area (TPSA) is 41.9 Å². The molecule has 1 aromatic carbocycles. The van der Waals surface area contributed by atoms with Crippen LogP contribution in [0, 0.1) is 5.82 Å². The van der Waals surface area contributed by atoms with Gasteiger partial charge in [-0.1, -0.05) is 0 Å². The number of hydrogen-bond acceptors (Lipinski definition) is 4. The molecule has 2 saturated heterocycles. The maximum absolute atomic E-state index is 13.3. The van der Waals surface area contributed by atoms with Gasteiger partial charge in [-0.3, -0.25) is 4.90 Å². The maximum Gasteiger partial charge on any atom is 0.387 e. The molecule has 2 heterocycles. The molecule has 0 saturated carbocycles. The molecule has 3 rings (SSSR count). The van der Waals surface area contributed by atoms with Crippen molar-refractivity contribution in [1.29, 1.82) is 0 Å². The molecule has 2 fully saturated rings. The summed E-state index contributed by atoms with van der Waals surface area (Å²) in [7, 11) is 1.96. The first-order valence-electron chi connectivity index (χ1n) is 7.16. The van der Waals surface area contributed by atoms with Crippen LogP contribution in [0.25, 0.3) is 0 Å². The number of hydrogen-bond donors (Lipinski definition) is 1. The van der Waals surface area contributed by atoms with Gasteiger partial charge in [0.1, 0.15) is 11.6 Å². The second-order valence-corrected chi connectivity index (χ2v) is 5.97. The second kappa shape index (κ2) is 5.72. The molecule has 0 radical (unpaired) electrons. The van der Waals surface area contributed by atoms with Crippen molar-refractivity contribution in [3.8, 4) is 5.75 Å². The van der Waals surface area contributed by atoms with Gasteiger partial charge in [-0.25, -0.2) is 4.39 Å². The molecule has 0 aliphatic carbocycles. The van der Waals surface area contributed by atoms with Crippen molar-refractivity contribution in [3.05, 3.63) is 29.6 Å². The zero-order chi connectivity index (χ0) is 15.9. The fourth-order valence-electron chi connectivity index (χ4n) is 3.44. The summed E-state index contributed by atoms with van der Waals surface area (Å²) < 4.78 is 48.4. The molecule has 4 nitrogen and oxygen atoms in total. The summed E-state index contributed by atoms with van der Waals surface area (Å²) in [6.07, 6.45) is 0.649. The fraction of sp³-hybridized carbons (Fsp3) is 0.600. The van der Waals surface area contributed by atoms with Crippen LogP contribution >= 0.6 is 0 Å². The molecule has 2 atom stereocenters. The Bertz CT molecular complexity index is 541. The molecule has 122 valence electrons. The highest BCUT2D eigenvalue weighted by molar-refractivity contribution is 5.39. The summed E-state index contributed by atoms with van der Waals surface area (Å²) in [6, 6.07) is 3.35. The third-order valence-electron chi connectivity index (χ3n) is 4.58. The van der Waals surface area contributed by atoms with Crippen LogP contribution in [0.15, 0.2) is 18.2 Å². The highest BCUT2D eigenvalue weighted by Gasteiger charge is 2.46. The molecule has 2 aliphatic heterocycles. The van der Waals surface area contributed by atoms with Gasteiger partial charge in [0.15, 0.2) is 0 Å². The molecule has 2 aliphatic rings. The van der Waals surface area contributed by atoms with Crippen molar-refractivity contribution in [1.82, 2.24) is 4.90 Å². The summed E-state index contributed by atoms with van der Waals surface area (Å²) in [5, 5.41) is 11.0. The van der Waals surface area contributed by atoms with Gasteiger partial charge >= 0.3 is 6.61 Å². The van der Waals surface area contributed by atoms with Gasteiger partial charge in [0.2, 0.25) is 0 Å². The largest absolute Gasteiger partial charge is 0.434 e. The van der Waals surface area contributed by atoms with Crippen molar-refractivity contribution in [2.45, 2.75) is 37.1 Å². The summed E-state index contributed by atoms with van der Waals surface area (Å²) in [5.41, 5.74) is -1.12. The predicted molar refractivity (Wildman–Crippen MR) is 72.3 cm³/mol. The number of nitrogens with zero attached hydrogens (tertiary/aromatic N) is 1. The Morgan fingerprint density at radius 1 is 1.32 bits per heavy atom. The first-order chi connectivity index (χ1) is 10.4. The van der Waals surface area contributed by atoms with Crippen LogP contribution in [0.5, 0.6) is 5.75 Å². The lowest BCUT2D eigenvalue weighted by atomic mass is 9.77. The molecular formula is C15H18F3NO3. The van der Waals surface area contributed by atoms with Gasteiger partial charge in [-0.05, 0) is 32.0 Å². The Balaban J connectivity index is 1.96. The zero-order valence-corrected chi connectivity index (χ0v) is 12.1. The number of benzene rings is 1. The van der Waals surface area contributed by atoms with Crippen LogP contribution in [0.3, 0.4) is 0 Å². The van der Waals surface area contributed by atoms with Crippen molar-refractivity contribution in [2.75, 3.05) is 20.3 Å². The minimum Gasteiger partial charge on any atom is -0.434 e. The second-order valence-electron chi connectivity index (χ2n) is 5.97. The smallest absolute Gasteiger partial charge is 0.387 e. The van der Waals surface area contributed by atoms with Gasteiger partial charge in [-0.15, -0.1) is 0 Å². The standard InChI is InChI=1S/C15H18F3NO3/c1-19-10-5-15(20,6-11(19)8-21-7-10)12-3-2-9(16)4-13(12)22-14(17)18/h2-4,10-11,14,20H,5-8H2,1H3. The molecule has 7 heteroatoms. The van der Waals surface area contributed by atoms with Crippen LogP contribution in [-0.2, 0) is 10.3 Å². The minimum absolute atomic E-state index is 0.0121. The highest BCUT2D eigenvalue weighted by atomic mass is 19.3. The fourth-order valence-corrected chi connectivity index (χ4v) is 3.44. The summed E-state index contributed by atoms with van der Waals surface area (Å²) in [4.78, 5) is 2.13. The number of alkyl halides is 2. The number of fused-ring (bicyclic) bond motifs is 2. The van der Waals surface area contributed by atoms with E-state index in [1.165, 1.54) is 6.07 Å². The summed E-state index contributed by atoms with van der Waals surface area (Å²) >= 11 is 0. The van der Waals surface area contributed by atoms with E-state index in [1.54, 1.807) is 0 Å². The Hall–Kier alpha value is -1.31. The first-order valence-corrected chi connectivity index (χ1v) is 7.16. The Labute approximate surface area is 126 Å². The average molecular weight is 317 g/mol. The third-order valence-corrected chi connectivity index (χ3v) is 4.58. The molecule has 0 amide bonds. The number of likely N-dealkylation sites (N-methyl/N-ethyl adjacent to an activating group) is 1. The van der Waals surface area contributed by atoms with Gasteiger partial charge in [0, 0.05) is 23.7 Å². The van der Waals surface area contributed by atoms with E-state index in [2.05, 4.69) is 9.64 Å². The van der Waals surface area contributed by atoms with Crippen LogP contribution in [0.1, 0.15) is 18.4 Å². The van der Waals surface area contributed by atoms with Crippen LogP contribution in [0.2, 0.25) is 0 Å². The van der Waals surface area contributed by atoms with Crippen molar-refractivity contribution >= 4 is 0 Å². The van der Waals surface area contributed by atoms with Crippen molar-refractivity contribution in [2.24, 2.45) is 0 Å². The molecule has 2 bridgehead atoms. The van der Waals surface area contributed by atoms with E-state index >= 15 is 0 Å². The molecule has 2 unspecified atom stereocenters. The van der Waals surface area contributed by atoms with Crippen LogP contribution in [-0.4, -0.2) is 49.0 Å². The van der Waals surface area contributed by atoms with Gasteiger partial charge in [0.25, 0.3) is 0 Å². The van der Waals surface area contributed by atoms with E-state index in [0.717, 1.165) is 12.1 Å². The molecule has 1 N–H and O–H groups in total. The number of aliphatic hydroxyl groups is 1. The van der Waals surface area contributed by atoms with Crippen LogP contribution in [0.4, 0.5) is 13.2 Å². The Morgan fingerprint density at radius 3 is 2.55 bits per heavy atom. The van der Waals surface area contributed by atoms with E-state index in [0.29, 0.717) is 26.1 Å². The molecule has 0 aromatic heterocycles. The molecule has 1 aromatic rings. The SMILES string of the molecule is CN1C2COCC1CC(O)(c1ccc(F)cc1OC(F)F)C2. The Morgan fingerprint density at radius 2 is 1.95 bits per heavy atom. The zero-order valence-electron chi connectivity index (χ0n) is 12.1. The lowest BCUT2D eigenvalue weighted by Gasteiger charge is -2.50. The number of halogens is 3. The minimum atomic E-state index is -3.07. The van der Waals surface area contributed by atoms with Crippen LogP contribution < -0.4 is 4.74 Å². The highest BCUT2D eigenvalue weighted by Crippen LogP contribution is 2.44. The van der Waals surface area contributed by atoms with E-state index in [4.69, 9.17) is 4.74 Å². The molecule has 22 heavy (non-hydrogen) atoms. The first kappa shape index (κ1) is 15.6. The number of morpholine rings is 1. The summed E-state index contributed by atoms with van der Waals surface area (Å²) in [6.45, 7) is -2.12. The molecular weight excluding hydrogens is 299 g/mol. The lowest BCUT2D eigenvalue weighted by Crippen LogP contribution is -2.59. The van der Waals surface area contributed by atoms with Crippen molar-refractivity contribution < 1.29 is 27.8 Å². The van der Waals surface area contributed by atoms with Gasteiger partial charge in [0.05, 0.1) is 18.8 Å². The van der Waals surface area contributed by atoms with Gasteiger partial charge in [-0.2, -0.15) is 8.78 Å². The number of ether oxygens (including phenoxy) is 2. The van der Waals surface area contributed by atoms with E-state index < -0.39 is 18.0 Å². The third kappa shape index (κ3) is 2.80. The number of piperidine rings is 1. The molecule has 0 spiro atoms. The average Bonchev–Trinajstić information content (AvgIpc) is 2.40. The maximum atomic E-state index is 13.3. The monoisotopic (exact) mass is 317 g/mol. The van der Waals surface area contributed by atoms with E-state index in [-0.39, 0.29) is 23.4 Å². The Kier molecular flexibility index (Phi) is 4.05.